The lowest BCUT2D eigenvalue weighted by Gasteiger charge is -2.11. The van der Waals surface area contributed by atoms with Gasteiger partial charge in [0.2, 0.25) is 0 Å². The van der Waals surface area contributed by atoms with E-state index >= 15 is 0 Å². The fourth-order valence-corrected chi connectivity index (χ4v) is 1.63. The van der Waals surface area contributed by atoms with Gasteiger partial charge < -0.3 is 19.0 Å². The summed E-state index contributed by atoms with van der Waals surface area (Å²) in [6.45, 7) is 1.35. The lowest BCUT2D eigenvalue weighted by Crippen LogP contribution is -2.21. The van der Waals surface area contributed by atoms with Gasteiger partial charge >= 0.3 is 0 Å². The minimum absolute atomic E-state index is 0.232. The van der Waals surface area contributed by atoms with Gasteiger partial charge in [-0.25, -0.2) is 0 Å². The van der Waals surface area contributed by atoms with E-state index in [2.05, 4.69) is 0 Å². The zero-order valence-corrected chi connectivity index (χ0v) is 10.7. The molecular weight excluding hydrogens is 244 g/mol. The minimum Gasteiger partial charge on any atom is -0.467 e. The molecule has 0 aliphatic carbocycles. The van der Waals surface area contributed by atoms with Gasteiger partial charge in [-0.05, 0) is 17.7 Å². The molecule has 1 aromatic carbocycles. The highest BCUT2D eigenvalue weighted by atomic mass is 16.5. The molecule has 102 valence electrons. The highest BCUT2D eigenvalue weighted by Gasteiger charge is 2.05. The molecule has 2 rings (SSSR count). The number of hydrogen-bond donors (Lipinski definition) is 1. The van der Waals surface area contributed by atoms with Crippen LogP contribution in [0.25, 0.3) is 0 Å². The van der Waals surface area contributed by atoms with Gasteiger partial charge in [0, 0.05) is 0 Å². The van der Waals surface area contributed by atoms with Crippen molar-refractivity contribution in [1.29, 1.82) is 0 Å². The predicted molar refractivity (Wildman–Crippen MR) is 70.5 cm³/mol. The maximum atomic E-state index is 9.68. The Morgan fingerprint density at radius 1 is 0.947 bits per heavy atom. The molecule has 0 amide bonds. The summed E-state index contributed by atoms with van der Waals surface area (Å²) in [5.41, 5.74) is 1.09. The number of aliphatic hydroxyl groups excluding tert-OH is 1. The normalized spacial score (nSPS) is 12.5. The third-order valence-electron chi connectivity index (χ3n) is 2.56. The van der Waals surface area contributed by atoms with Crippen LogP contribution >= 0.6 is 0 Å². The standard InChI is InChI=1S/C15H18O4/c16-14(11-18-12-15-7-4-8-19-15)10-17-9-13-5-2-1-3-6-13/h1-8,14,16H,9-12H2. The molecule has 0 aliphatic rings. The van der Waals surface area contributed by atoms with Crippen LogP contribution in [0.2, 0.25) is 0 Å². The van der Waals surface area contributed by atoms with Crippen molar-refractivity contribution in [2.24, 2.45) is 0 Å². The smallest absolute Gasteiger partial charge is 0.129 e. The summed E-state index contributed by atoms with van der Waals surface area (Å²) in [4.78, 5) is 0. The summed E-state index contributed by atoms with van der Waals surface area (Å²) in [5.74, 6) is 0.748. The summed E-state index contributed by atoms with van der Waals surface area (Å²) in [5, 5.41) is 9.68. The number of ether oxygens (including phenoxy) is 2. The van der Waals surface area contributed by atoms with Gasteiger partial charge in [0.15, 0.2) is 0 Å². The van der Waals surface area contributed by atoms with Crippen molar-refractivity contribution in [1.82, 2.24) is 0 Å². The molecule has 1 heterocycles. The molecule has 1 unspecified atom stereocenters. The molecule has 4 heteroatoms. The fourth-order valence-electron chi connectivity index (χ4n) is 1.63. The van der Waals surface area contributed by atoms with Crippen LogP contribution in [0.15, 0.2) is 53.1 Å². The molecule has 2 aromatic rings. The van der Waals surface area contributed by atoms with Crippen molar-refractivity contribution in [2.75, 3.05) is 13.2 Å². The number of furan rings is 1. The Bertz CT molecular complexity index is 438. The van der Waals surface area contributed by atoms with Gasteiger partial charge in [0.05, 0.1) is 26.1 Å². The first kappa shape index (κ1) is 13.8. The molecule has 0 bridgehead atoms. The van der Waals surface area contributed by atoms with Crippen molar-refractivity contribution in [3.63, 3.8) is 0 Å². The largest absolute Gasteiger partial charge is 0.467 e. The second kappa shape index (κ2) is 7.74. The van der Waals surface area contributed by atoms with Crippen molar-refractivity contribution in [2.45, 2.75) is 19.3 Å². The van der Waals surface area contributed by atoms with Crippen LogP contribution in [-0.2, 0) is 22.7 Å². The number of rotatable bonds is 8. The van der Waals surface area contributed by atoms with E-state index in [9.17, 15) is 5.11 Å². The van der Waals surface area contributed by atoms with Crippen LogP contribution in [0, 0.1) is 0 Å². The first-order chi connectivity index (χ1) is 9.34. The Balaban J connectivity index is 1.56. The average Bonchev–Trinajstić information content (AvgIpc) is 2.93. The Labute approximate surface area is 112 Å². The molecule has 19 heavy (non-hydrogen) atoms. The molecule has 0 saturated heterocycles. The van der Waals surface area contributed by atoms with Crippen LogP contribution in [0.5, 0.6) is 0 Å². The fraction of sp³-hybridized carbons (Fsp3) is 0.333. The van der Waals surface area contributed by atoms with E-state index < -0.39 is 6.10 Å². The summed E-state index contributed by atoms with van der Waals surface area (Å²) in [7, 11) is 0. The Morgan fingerprint density at radius 3 is 2.37 bits per heavy atom. The number of hydrogen-bond acceptors (Lipinski definition) is 4. The summed E-state index contributed by atoms with van der Waals surface area (Å²) in [6.07, 6.45) is 0.969. The van der Waals surface area contributed by atoms with E-state index in [4.69, 9.17) is 13.9 Å². The van der Waals surface area contributed by atoms with E-state index in [0.29, 0.717) is 13.2 Å². The molecule has 0 saturated carbocycles. The quantitative estimate of drug-likeness (QED) is 0.793. The van der Waals surface area contributed by atoms with Crippen molar-refractivity contribution < 1.29 is 19.0 Å². The Morgan fingerprint density at radius 2 is 1.68 bits per heavy atom. The maximum Gasteiger partial charge on any atom is 0.129 e. The second-order valence-electron chi connectivity index (χ2n) is 4.25. The minimum atomic E-state index is -0.626. The third-order valence-corrected chi connectivity index (χ3v) is 2.56. The Kier molecular flexibility index (Phi) is 5.62. The lowest BCUT2D eigenvalue weighted by atomic mass is 10.2. The van der Waals surface area contributed by atoms with Gasteiger partial charge in [-0.15, -0.1) is 0 Å². The van der Waals surface area contributed by atoms with Crippen LogP contribution in [0.3, 0.4) is 0 Å². The molecule has 0 aliphatic heterocycles. The Hall–Kier alpha value is -1.62. The third kappa shape index (κ3) is 5.26. The molecule has 0 radical (unpaired) electrons. The molecular formula is C15H18O4. The highest BCUT2D eigenvalue weighted by molar-refractivity contribution is 5.13. The summed E-state index contributed by atoms with van der Waals surface area (Å²) >= 11 is 0. The van der Waals surface area contributed by atoms with Crippen molar-refractivity contribution in [3.8, 4) is 0 Å². The maximum absolute atomic E-state index is 9.68. The zero-order chi connectivity index (χ0) is 13.3. The van der Waals surface area contributed by atoms with E-state index in [1.165, 1.54) is 0 Å². The van der Waals surface area contributed by atoms with Gasteiger partial charge in [-0.2, -0.15) is 0 Å². The predicted octanol–water partition coefficient (Wildman–Crippen LogP) is 2.37. The van der Waals surface area contributed by atoms with Gasteiger partial charge in [-0.3, -0.25) is 0 Å². The molecule has 0 fully saturated rings. The van der Waals surface area contributed by atoms with Crippen LogP contribution in [0.1, 0.15) is 11.3 Å². The number of aliphatic hydroxyl groups is 1. The summed E-state index contributed by atoms with van der Waals surface area (Å²) in [6, 6.07) is 13.5. The molecule has 1 N–H and O–H groups in total. The van der Waals surface area contributed by atoms with Crippen molar-refractivity contribution in [3.05, 3.63) is 60.1 Å². The van der Waals surface area contributed by atoms with E-state index in [1.807, 2.05) is 36.4 Å². The van der Waals surface area contributed by atoms with Crippen molar-refractivity contribution >= 4 is 0 Å². The van der Waals surface area contributed by atoms with E-state index in [-0.39, 0.29) is 13.2 Å². The SMILES string of the molecule is OC(COCc1ccccc1)COCc1ccco1. The lowest BCUT2D eigenvalue weighted by molar-refractivity contribution is -0.0303. The first-order valence-electron chi connectivity index (χ1n) is 6.24. The number of benzene rings is 1. The first-order valence-corrected chi connectivity index (χ1v) is 6.24. The van der Waals surface area contributed by atoms with Gasteiger partial charge in [-0.1, -0.05) is 30.3 Å². The highest BCUT2D eigenvalue weighted by Crippen LogP contribution is 2.03. The topological polar surface area (TPSA) is 51.8 Å². The van der Waals surface area contributed by atoms with Crippen LogP contribution < -0.4 is 0 Å². The second-order valence-corrected chi connectivity index (χ2v) is 4.25. The van der Waals surface area contributed by atoms with Crippen LogP contribution in [-0.4, -0.2) is 24.4 Å². The van der Waals surface area contributed by atoms with Gasteiger partial charge in [0.1, 0.15) is 18.5 Å². The zero-order valence-electron chi connectivity index (χ0n) is 10.7. The van der Waals surface area contributed by atoms with Gasteiger partial charge in [0.25, 0.3) is 0 Å². The molecule has 1 atom stereocenters. The molecule has 4 nitrogen and oxygen atoms in total. The summed E-state index contributed by atoms with van der Waals surface area (Å²) < 4.78 is 15.9. The average molecular weight is 262 g/mol. The van der Waals surface area contributed by atoms with E-state index in [1.54, 1.807) is 12.3 Å². The molecule has 0 spiro atoms. The van der Waals surface area contributed by atoms with Crippen LogP contribution in [0.4, 0.5) is 0 Å². The molecule has 1 aromatic heterocycles. The van der Waals surface area contributed by atoms with E-state index in [0.717, 1.165) is 11.3 Å². The monoisotopic (exact) mass is 262 g/mol.